The van der Waals surface area contributed by atoms with Gasteiger partial charge in [-0.15, -0.1) is 0 Å². The lowest BCUT2D eigenvalue weighted by molar-refractivity contribution is 0.0623. The Morgan fingerprint density at radius 1 is 1.09 bits per heavy atom. The molecule has 0 N–H and O–H groups in total. The predicted octanol–water partition coefficient (Wildman–Crippen LogP) is 3.30. The summed E-state index contributed by atoms with van der Waals surface area (Å²) in [6, 6.07) is 9.70. The molecule has 0 bridgehead atoms. The van der Waals surface area contributed by atoms with Crippen molar-refractivity contribution in [3.05, 3.63) is 47.8 Å². The number of aromatic nitrogens is 2. The number of likely N-dealkylation sites (tertiary alicyclic amines) is 1. The van der Waals surface area contributed by atoms with Crippen LogP contribution in [-0.2, 0) is 0 Å². The van der Waals surface area contributed by atoms with Gasteiger partial charge >= 0.3 is 0 Å². The summed E-state index contributed by atoms with van der Waals surface area (Å²) in [4.78, 5) is 14.7. The summed E-state index contributed by atoms with van der Waals surface area (Å²) in [5, 5.41) is 4.29. The minimum Gasteiger partial charge on any atom is -0.338 e. The van der Waals surface area contributed by atoms with Gasteiger partial charge in [-0.3, -0.25) is 4.79 Å². The molecule has 116 valence electrons. The molecule has 3 rings (SSSR count). The van der Waals surface area contributed by atoms with Gasteiger partial charge in [0, 0.05) is 30.5 Å². The molecular weight excluding hydrogens is 274 g/mol. The van der Waals surface area contributed by atoms with Crippen molar-refractivity contribution in [2.45, 2.75) is 27.2 Å². The molecule has 1 saturated heterocycles. The highest BCUT2D eigenvalue weighted by Gasteiger charge is 2.26. The molecule has 22 heavy (non-hydrogen) atoms. The highest BCUT2D eigenvalue weighted by atomic mass is 16.2. The number of aryl methyl sites for hydroxylation is 1. The minimum atomic E-state index is 0.141. The Balaban J connectivity index is 1.78. The Morgan fingerprint density at radius 3 is 2.27 bits per heavy atom. The van der Waals surface area contributed by atoms with Crippen LogP contribution in [0.1, 0.15) is 36.3 Å². The van der Waals surface area contributed by atoms with Gasteiger partial charge in [0.25, 0.3) is 5.91 Å². The third-order valence-corrected chi connectivity index (χ3v) is 4.35. The molecule has 4 heteroatoms. The van der Waals surface area contributed by atoms with Crippen LogP contribution in [0.15, 0.2) is 36.5 Å². The largest absolute Gasteiger partial charge is 0.338 e. The van der Waals surface area contributed by atoms with Crippen LogP contribution < -0.4 is 0 Å². The highest BCUT2D eigenvalue weighted by Crippen LogP contribution is 2.23. The van der Waals surface area contributed by atoms with Crippen molar-refractivity contribution in [3.8, 4) is 5.69 Å². The fourth-order valence-corrected chi connectivity index (χ4v) is 3.40. The Hall–Kier alpha value is -2.10. The van der Waals surface area contributed by atoms with E-state index >= 15 is 0 Å². The van der Waals surface area contributed by atoms with Crippen LogP contribution in [0.3, 0.4) is 0 Å². The summed E-state index contributed by atoms with van der Waals surface area (Å²) in [7, 11) is 0. The van der Waals surface area contributed by atoms with Crippen LogP contribution in [0, 0.1) is 18.8 Å². The van der Waals surface area contributed by atoms with E-state index in [2.05, 4.69) is 18.9 Å². The number of amides is 1. The minimum absolute atomic E-state index is 0.141. The van der Waals surface area contributed by atoms with Crippen molar-refractivity contribution in [3.63, 3.8) is 0 Å². The molecule has 1 amide bonds. The molecule has 2 atom stereocenters. The van der Waals surface area contributed by atoms with E-state index in [9.17, 15) is 4.79 Å². The van der Waals surface area contributed by atoms with Gasteiger partial charge in [0.15, 0.2) is 0 Å². The van der Waals surface area contributed by atoms with Gasteiger partial charge < -0.3 is 4.90 Å². The maximum Gasteiger partial charge on any atom is 0.253 e. The third kappa shape index (κ3) is 2.91. The van der Waals surface area contributed by atoms with E-state index in [4.69, 9.17) is 0 Å². The molecule has 0 aliphatic carbocycles. The van der Waals surface area contributed by atoms with Crippen LogP contribution in [0.25, 0.3) is 5.69 Å². The smallest absolute Gasteiger partial charge is 0.253 e. The molecule has 2 aromatic rings. The van der Waals surface area contributed by atoms with Crippen LogP contribution in [0.4, 0.5) is 0 Å². The summed E-state index contributed by atoms with van der Waals surface area (Å²) < 4.78 is 1.87. The van der Waals surface area contributed by atoms with Crippen molar-refractivity contribution in [2.75, 3.05) is 13.1 Å². The van der Waals surface area contributed by atoms with E-state index in [1.165, 1.54) is 6.42 Å². The molecule has 4 nitrogen and oxygen atoms in total. The molecule has 0 saturated carbocycles. The standard InChI is InChI=1S/C18H23N3O/c1-13-10-14(2)12-20(11-13)18(22)16-4-6-17(7-5-16)21-15(3)8-9-19-21/h4-9,13-14H,10-12H2,1-3H3. The second-order valence-corrected chi connectivity index (χ2v) is 6.59. The first-order valence-corrected chi connectivity index (χ1v) is 7.95. The van der Waals surface area contributed by atoms with E-state index < -0.39 is 0 Å². The van der Waals surface area contributed by atoms with Gasteiger partial charge in [0.2, 0.25) is 0 Å². The predicted molar refractivity (Wildman–Crippen MR) is 87.1 cm³/mol. The third-order valence-electron chi connectivity index (χ3n) is 4.35. The van der Waals surface area contributed by atoms with Crippen molar-refractivity contribution in [2.24, 2.45) is 11.8 Å². The summed E-state index contributed by atoms with van der Waals surface area (Å²) in [5.74, 6) is 1.31. The van der Waals surface area contributed by atoms with Gasteiger partial charge in [-0.1, -0.05) is 13.8 Å². The molecular formula is C18H23N3O. The molecule has 0 spiro atoms. The molecule has 0 radical (unpaired) electrons. The zero-order chi connectivity index (χ0) is 15.7. The van der Waals surface area contributed by atoms with Gasteiger partial charge in [-0.25, -0.2) is 4.68 Å². The first kappa shape index (κ1) is 14.8. The van der Waals surface area contributed by atoms with Crippen LogP contribution >= 0.6 is 0 Å². The van der Waals surface area contributed by atoms with E-state index in [-0.39, 0.29) is 5.91 Å². The highest BCUT2D eigenvalue weighted by molar-refractivity contribution is 5.94. The second kappa shape index (κ2) is 5.95. The summed E-state index contributed by atoms with van der Waals surface area (Å²) in [6.07, 6.45) is 2.99. The lowest BCUT2D eigenvalue weighted by Gasteiger charge is -2.35. The van der Waals surface area contributed by atoms with E-state index in [1.807, 2.05) is 46.8 Å². The SMILES string of the molecule is Cc1ccnn1-c1ccc(C(=O)N2CC(C)CC(C)C2)cc1. The average molecular weight is 297 g/mol. The van der Waals surface area contributed by atoms with Crippen LogP contribution in [0.5, 0.6) is 0 Å². The number of piperidine rings is 1. The first-order valence-electron chi connectivity index (χ1n) is 7.95. The van der Waals surface area contributed by atoms with Crippen molar-refractivity contribution >= 4 is 5.91 Å². The summed E-state index contributed by atoms with van der Waals surface area (Å²) >= 11 is 0. The van der Waals surface area contributed by atoms with Gasteiger partial charge in [0.1, 0.15) is 0 Å². The molecule has 1 aliphatic heterocycles. The van der Waals surface area contributed by atoms with E-state index in [0.717, 1.165) is 30.0 Å². The van der Waals surface area contributed by atoms with E-state index in [0.29, 0.717) is 11.8 Å². The molecule has 2 heterocycles. The average Bonchev–Trinajstić information content (AvgIpc) is 2.92. The lowest BCUT2D eigenvalue weighted by Crippen LogP contribution is -2.42. The molecule has 1 aromatic carbocycles. The monoisotopic (exact) mass is 297 g/mol. The molecule has 2 unspecified atom stereocenters. The Kier molecular flexibility index (Phi) is 4.01. The Bertz CT molecular complexity index is 649. The van der Waals surface area contributed by atoms with Crippen LogP contribution in [-0.4, -0.2) is 33.7 Å². The molecule has 1 fully saturated rings. The number of hydrogen-bond acceptors (Lipinski definition) is 2. The van der Waals surface area contributed by atoms with Crippen molar-refractivity contribution in [1.82, 2.24) is 14.7 Å². The van der Waals surface area contributed by atoms with Crippen molar-refractivity contribution in [1.29, 1.82) is 0 Å². The number of carbonyl (C=O) groups is 1. The quantitative estimate of drug-likeness (QED) is 0.853. The summed E-state index contributed by atoms with van der Waals surface area (Å²) in [5.41, 5.74) is 2.83. The van der Waals surface area contributed by atoms with E-state index in [1.54, 1.807) is 6.20 Å². The Labute approximate surface area is 131 Å². The summed E-state index contributed by atoms with van der Waals surface area (Å²) in [6.45, 7) is 8.19. The fraction of sp³-hybridized carbons (Fsp3) is 0.444. The number of nitrogens with zero attached hydrogens (tertiary/aromatic N) is 3. The molecule has 1 aliphatic rings. The van der Waals surface area contributed by atoms with Gasteiger partial charge in [0.05, 0.1) is 5.69 Å². The normalized spacial score (nSPS) is 21.9. The van der Waals surface area contributed by atoms with Gasteiger partial charge in [-0.2, -0.15) is 5.10 Å². The maximum atomic E-state index is 12.7. The maximum absolute atomic E-state index is 12.7. The molecule has 1 aromatic heterocycles. The number of rotatable bonds is 2. The van der Waals surface area contributed by atoms with Gasteiger partial charge in [-0.05, 0) is 55.5 Å². The zero-order valence-electron chi connectivity index (χ0n) is 13.5. The first-order chi connectivity index (χ1) is 10.5. The van der Waals surface area contributed by atoms with Crippen LogP contribution in [0.2, 0.25) is 0 Å². The number of carbonyl (C=O) groups excluding carboxylic acids is 1. The topological polar surface area (TPSA) is 38.1 Å². The number of hydrogen-bond donors (Lipinski definition) is 0. The number of benzene rings is 1. The Morgan fingerprint density at radius 2 is 1.73 bits per heavy atom. The second-order valence-electron chi connectivity index (χ2n) is 6.59. The fourth-order valence-electron chi connectivity index (χ4n) is 3.40. The zero-order valence-corrected chi connectivity index (χ0v) is 13.5. The van der Waals surface area contributed by atoms with Crippen molar-refractivity contribution < 1.29 is 4.79 Å². The lowest BCUT2D eigenvalue weighted by atomic mass is 9.91.